The van der Waals surface area contributed by atoms with E-state index in [4.69, 9.17) is 10.5 Å². The van der Waals surface area contributed by atoms with Gasteiger partial charge in [0.2, 0.25) is 5.88 Å². The average molecular weight is 333 g/mol. The van der Waals surface area contributed by atoms with Gasteiger partial charge < -0.3 is 10.5 Å². The van der Waals surface area contributed by atoms with Crippen LogP contribution in [0.5, 0.6) is 5.88 Å². The van der Waals surface area contributed by atoms with Crippen molar-refractivity contribution in [3.8, 4) is 17.3 Å². The third-order valence-corrected chi connectivity index (χ3v) is 3.59. The van der Waals surface area contributed by atoms with Crippen molar-refractivity contribution < 1.29 is 4.74 Å². The molecule has 0 bridgehead atoms. The first-order valence-electron chi connectivity index (χ1n) is 7.80. The number of hydrogen-bond donors (Lipinski definition) is 2. The molecule has 6 nitrogen and oxygen atoms in total. The van der Waals surface area contributed by atoms with Crippen molar-refractivity contribution >= 4 is 17.2 Å². The maximum atomic E-state index is 5.81. The lowest BCUT2D eigenvalue weighted by Gasteiger charge is -2.08. The molecule has 0 radical (unpaired) electrons. The standard InChI is InChI=1S/C19H19N5O/c1-13(15-9-6-10-16(20)11-15)23-24-17-12-18(25-2)22-19(21-17)14-7-4-3-5-8-14/h3-12H,20H2,1-2H3,(H,21,22,24). The van der Waals surface area contributed by atoms with Crippen LogP contribution in [0.15, 0.2) is 65.8 Å². The zero-order valence-corrected chi connectivity index (χ0v) is 14.1. The molecule has 126 valence electrons. The monoisotopic (exact) mass is 333 g/mol. The number of anilines is 2. The Bertz CT molecular complexity index is 893. The maximum absolute atomic E-state index is 5.81. The fourth-order valence-electron chi connectivity index (χ4n) is 2.27. The van der Waals surface area contributed by atoms with Gasteiger partial charge in [-0.05, 0) is 24.6 Å². The largest absolute Gasteiger partial charge is 0.481 e. The summed E-state index contributed by atoms with van der Waals surface area (Å²) >= 11 is 0. The summed E-state index contributed by atoms with van der Waals surface area (Å²) in [5.41, 5.74) is 12.1. The Morgan fingerprint density at radius 1 is 1.04 bits per heavy atom. The minimum absolute atomic E-state index is 0.466. The summed E-state index contributed by atoms with van der Waals surface area (Å²) < 4.78 is 5.27. The van der Waals surface area contributed by atoms with Crippen LogP contribution >= 0.6 is 0 Å². The highest BCUT2D eigenvalue weighted by Crippen LogP contribution is 2.21. The van der Waals surface area contributed by atoms with Gasteiger partial charge in [0.05, 0.1) is 12.8 Å². The lowest BCUT2D eigenvalue weighted by molar-refractivity contribution is 0.398. The Morgan fingerprint density at radius 3 is 2.56 bits per heavy atom. The average Bonchev–Trinajstić information content (AvgIpc) is 2.66. The van der Waals surface area contributed by atoms with E-state index in [0.717, 1.165) is 16.8 Å². The molecule has 2 aromatic carbocycles. The normalized spacial score (nSPS) is 11.2. The lowest BCUT2D eigenvalue weighted by Crippen LogP contribution is -2.03. The summed E-state index contributed by atoms with van der Waals surface area (Å²) in [5, 5.41) is 4.38. The van der Waals surface area contributed by atoms with E-state index in [1.165, 1.54) is 0 Å². The Labute approximate surface area is 146 Å². The molecule has 3 aromatic rings. The second kappa shape index (κ2) is 7.44. The quantitative estimate of drug-likeness (QED) is 0.423. The molecule has 0 aliphatic rings. The number of nitrogen functional groups attached to an aromatic ring is 1. The first kappa shape index (κ1) is 16.4. The van der Waals surface area contributed by atoms with Crippen LogP contribution in [0.2, 0.25) is 0 Å². The molecule has 3 N–H and O–H groups in total. The van der Waals surface area contributed by atoms with E-state index >= 15 is 0 Å². The Morgan fingerprint density at radius 2 is 1.84 bits per heavy atom. The van der Waals surface area contributed by atoms with Gasteiger partial charge in [-0.25, -0.2) is 4.98 Å². The van der Waals surface area contributed by atoms with E-state index in [0.29, 0.717) is 23.2 Å². The number of methoxy groups -OCH3 is 1. The van der Waals surface area contributed by atoms with Crippen LogP contribution in [-0.4, -0.2) is 22.8 Å². The van der Waals surface area contributed by atoms with E-state index in [2.05, 4.69) is 20.5 Å². The second-order valence-electron chi connectivity index (χ2n) is 5.42. The summed E-state index contributed by atoms with van der Waals surface area (Å²) in [4.78, 5) is 8.88. The number of ether oxygens (including phenoxy) is 1. The number of nitrogens with two attached hydrogens (primary N) is 1. The third-order valence-electron chi connectivity index (χ3n) is 3.59. The van der Waals surface area contributed by atoms with Gasteiger partial charge in [-0.15, -0.1) is 0 Å². The molecule has 0 saturated carbocycles. The summed E-state index contributed by atoms with van der Waals surface area (Å²) in [6.45, 7) is 1.90. The number of nitrogens with one attached hydrogen (secondary N) is 1. The van der Waals surface area contributed by atoms with E-state index in [1.54, 1.807) is 13.2 Å². The van der Waals surface area contributed by atoms with Crippen molar-refractivity contribution in [2.75, 3.05) is 18.3 Å². The molecule has 0 unspecified atom stereocenters. The molecule has 0 fully saturated rings. The number of benzene rings is 2. The molecule has 0 atom stereocenters. The number of nitrogens with zero attached hydrogens (tertiary/aromatic N) is 3. The summed E-state index contributed by atoms with van der Waals surface area (Å²) in [6, 6.07) is 19.0. The van der Waals surface area contributed by atoms with Gasteiger partial charge in [0.15, 0.2) is 11.6 Å². The summed E-state index contributed by atoms with van der Waals surface area (Å²) in [7, 11) is 1.57. The van der Waals surface area contributed by atoms with E-state index in [9.17, 15) is 0 Å². The minimum Gasteiger partial charge on any atom is -0.481 e. The van der Waals surface area contributed by atoms with Crippen LogP contribution in [0, 0.1) is 0 Å². The van der Waals surface area contributed by atoms with Crippen molar-refractivity contribution in [2.45, 2.75) is 6.92 Å². The summed E-state index contributed by atoms with van der Waals surface area (Å²) in [5.74, 6) is 1.58. The molecule has 1 heterocycles. The predicted molar refractivity (Wildman–Crippen MR) is 101 cm³/mol. The van der Waals surface area contributed by atoms with Crippen molar-refractivity contribution in [2.24, 2.45) is 5.10 Å². The first-order valence-corrected chi connectivity index (χ1v) is 7.80. The highest BCUT2D eigenvalue weighted by Gasteiger charge is 2.07. The molecular formula is C19H19N5O. The fraction of sp³-hybridized carbons (Fsp3) is 0.105. The molecule has 0 spiro atoms. The second-order valence-corrected chi connectivity index (χ2v) is 5.42. The van der Waals surface area contributed by atoms with Gasteiger partial charge in [0.25, 0.3) is 0 Å². The van der Waals surface area contributed by atoms with Gasteiger partial charge in [0.1, 0.15) is 0 Å². The van der Waals surface area contributed by atoms with Crippen molar-refractivity contribution in [1.29, 1.82) is 0 Å². The zero-order valence-electron chi connectivity index (χ0n) is 14.1. The van der Waals surface area contributed by atoms with Gasteiger partial charge in [-0.3, -0.25) is 5.43 Å². The van der Waals surface area contributed by atoms with Crippen LogP contribution in [0.25, 0.3) is 11.4 Å². The third kappa shape index (κ3) is 4.11. The van der Waals surface area contributed by atoms with Crippen LogP contribution in [0.3, 0.4) is 0 Å². The SMILES string of the molecule is COc1cc(NN=C(C)c2cccc(N)c2)nc(-c2ccccc2)n1. The number of hydrazone groups is 1. The lowest BCUT2D eigenvalue weighted by atomic mass is 10.1. The van der Waals surface area contributed by atoms with Crippen LogP contribution in [0.1, 0.15) is 12.5 Å². The fourth-order valence-corrected chi connectivity index (χ4v) is 2.27. The molecule has 0 aliphatic carbocycles. The predicted octanol–water partition coefficient (Wildman–Crippen LogP) is 3.57. The molecule has 25 heavy (non-hydrogen) atoms. The zero-order chi connectivity index (χ0) is 17.6. The Hall–Kier alpha value is -3.41. The molecule has 1 aromatic heterocycles. The van der Waals surface area contributed by atoms with Gasteiger partial charge >= 0.3 is 0 Å². The van der Waals surface area contributed by atoms with E-state index < -0.39 is 0 Å². The van der Waals surface area contributed by atoms with Gasteiger partial charge in [0, 0.05) is 17.3 Å². The smallest absolute Gasteiger partial charge is 0.218 e. The van der Waals surface area contributed by atoms with E-state index in [-0.39, 0.29) is 0 Å². The van der Waals surface area contributed by atoms with Gasteiger partial charge in [-0.2, -0.15) is 10.1 Å². The van der Waals surface area contributed by atoms with Crippen molar-refractivity contribution in [3.63, 3.8) is 0 Å². The first-order chi connectivity index (χ1) is 12.2. The van der Waals surface area contributed by atoms with Crippen LogP contribution in [0.4, 0.5) is 11.5 Å². The molecular weight excluding hydrogens is 314 g/mol. The number of rotatable bonds is 5. The summed E-state index contributed by atoms with van der Waals surface area (Å²) in [6.07, 6.45) is 0. The topological polar surface area (TPSA) is 85.4 Å². The van der Waals surface area contributed by atoms with Crippen LogP contribution < -0.4 is 15.9 Å². The molecule has 0 amide bonds. The number of hydrogen-bond acceptors (Lipinski definition) is 6. The Kier molecular flexibility index (Phi) is 4.89. The maximum Gasteiger partial charge on any atom is 0.218 e. The highest BCUT2D eigenvalue weighted by molar-refractivity contribution is 5.99. The molecule has 6 heteroatoms. The molecule has 0 saturated heterocycles. The van der Waals surface area contributed by atoms with Crippen molar-refractivity contribution in [3.05, 3.63) is 66.2 Å². The molecule has 3 rings (SSSR count). The van der Waals surface area contributed by atoms with Gasteiger partial charge in [-0.1, -0.05) is 42.5 Å². The molecule has 0 aliphatic heterocycles. The minimum atomic E-state index is 0.466. The van der Waals surface area contributed by atoms with Crippen LogP contribution in [-0.2, 0) is 0 Å². The van der Waals surface area contributed by atoms with Crippen molar-refractivity contribution in [1.82, 2.24) is 9.97 Å². The number of aromatic nitrogens is 2. The highest BCUT2D eigenvalue weighted by atomic mass is 16.5. The Balaban J connectivity index is 1.88. The van der Waals surface area contributed by atoms with E-state index in [1.807, 2.05) is 61.5 Å².